The molecule has 17 nitrogen and oxygen atoms in total. The number of rotatable bonds is 37. The van der Waals surface area contributed by atoms with Crippen LogP contribution in [-0.4, -0.2) is 173 Å². The number of carbonyl (C=O) groups is 8. The third kappa shape index (κ3) is 22.1. The van der Waals surface area contributed by atoms with E-state index >= 15 is 0 Å². The summed E-state index contributed by atoms with van der Waals surface area (Å²) in [6, 6.07) is 0. The molecule has 6 atom stereocenters. The van der Waals surface area contributed by atoms with E-state index in [0.717, 1.165) is 70.5 Å². The van der Waals surface area contributed by atoms with Crippen molar-refractivity contribution < 1.29 is 70.9 Å². The number of thioether (sulfide) groups is 4. The Morgan fingerprint density at radius 2 is 0.961 bits per heavy atom. The third-order valence-corrected chi connectivity index (χ3v) is 22.5. The van der Waals surface area contributed by atoms with Crippen LogP contribution in [0.1, 0.15) is 107 Å². The van der Waals surface area contributed by atoms with Gasteiger partial charge in [-0.3, -0.25) is 48.2 Å². The molecule has 2 fully saturated rings. The zero-order chi connectivity index (χ0) is 57.2. The zero-order valence-corrected chi connectivity index (χ0v) is 53.9. The van der Waals surface area contributed by atoms with Gasteiger partial charge < -0.3 is 32.5 Å². The van der Waals surface area contributed by atoms with Crippen LogP contribution in [0.25, 0.3) is 0 Å². The maximum Gasteiger partial charge on any atom is 0.331 e. The van der Waals surface area contributed by atoms with E-state index in [9.17, 15) is 38.4 Å². The van der Waals surface area contributed by atoms with Crippen LogP contribution in [0.3, 0.4) is 0 Å². The quantitative estimate of drug-likeness (QED) is 0.0108. The van der Waals surface area contributed by atoms with Gasteiger partial charge in [-0.1, -0.05) is 110 Å². The predicted molar refractivity (Wildman–Crippen MR) is 319 cm³/mol. The normalized spacial score (nSPS) is 19.0. The number of methoxy groups -OCH3 is 1. The zero-order valence-electron chi connectivity index (χ0n) is 46.4. The van der Waals surface area contributed by atoms with Crippen LogP contribution in [0.5, 0.6) is 0 Å². The number of nitrogens with zero attached hydrogens (tertiary/aromatic N) is 2. The number of ether oxygens (including phenoxy) is 5. The summed E-state index contributed by atoms with van der Waals surface area (Å²) in [6.45, 7) is 18.1. The van der Waals surface area contributed by atoms with Gasteiger partial charge in [-0.2, -0.15) is 0 Å². The Kier molecular flexibility index (Phi) is 33.5. The smallest absolute Gasteiger partial charge is 0.331 e. The molecule has 0 aromatic carbocycles. The molecule has 0 aromatic rings. The molecule has 2 heterocycles. The summed E-state index contributed by atoms with van der Waals surface area (Å²) in [5.74, 6) is -6.89. The largest absolute Gasteiger partial charge is 0.465 e. The fourth-order valence-electron chi connectivity index (χ4n) is 8.16. The van der Waals surface area contributed by atoms with Gasteiger partial charge in [0.15, 0.2) is 0 Å². The molecular weight excluding hydrogens is 1150 g/mol. The van der Waals surface area contributed by atoms with Gasteiger partial charge in [0, 0.05) is 25.7 Å². The maximum atomic E-state index is 14.3. The van der Waals surface area contributed by atoms with Crippen molar-refractivity contribution >= 4 is 156 Å². The van der Waals surface area contributed by atoms with E-state index in [2.05, 4.69) is 13.8 Å². The van der Waals surface area contributed by atoms with Crippen molar-refractivity contribution in [2.45, 2.75) is 130 Å². The lowest BCUT2D eigenvalue weighted by molar-refractivity contribution is -0.161. The lowest BCUT2D eigenvalue weighted by Gasteiger charge is -2.31. The molecule has 434 valence electrons. The number of thiocarbonyl (C=S) groups is 2. The fourth-order valence-corrected chi connectivity index (χ4v) is 16.1. The van der Waals surface area contributed by atoms with Crippen LogP contribution in [0, 0.1) is 34.5 Å². The van der Waals surface area contributed by atoms with E-state index in [1.807, 2.05) is 26.9 Å². The van der Waals surface area contributed by atoms with Crippen molar-refractivity contribution in [3.05, 3.63) is 0 Å². The Bertz CT molecular complexity index is 1970. The molecule has 0 bridgehead atoms. The van der Waals surface area contributed by atoms with Crippen LogP contribution >= 0.6 is 93.1 Å². The van der Waals surface area contributed by atoms with Gasteiger partial charge in [-0.15, -0.1) is 23.5 Å². The van der Waals surface area contributed by atoms with Gasteiger partial charge in [-0.05, 0) is 90.8 Å². The highest BCUT2D eigenvalue weighted by Gasteiger charge is 2.59. The van der Waals surface area contributed by atoms with Crippen molar-refractivity contribution in [3.8, 4) is 0 Å². The lowest BCUT2D eigenvalue weighted by atomic mass is 9.71. The van der Waals surface area contributed by atoms with Crippen LogP contribution in [-0.2, 0) is 70.9 Å². The van der Waals surface area contributed by atoms with Crippen molar-refractivity contribution in [2.24, 2.45) is 34.5 Å². The summed E-state index contributed by atoms with van der Waals surface area (Å²) in [5, 5.41) is -1.79. The molecule has 0 radical (unpaired) electrons. The average molecular weight is 1240 g/mol. The summed E-state index contributed by atoms with van der Waals surface area (Å²) < 4.78 is 40.2. The van der Waals surface area contributed by atoms with E-state index < -0.39 is 101 Å². The second kappa shape index (κ2) is 36.1. The van der Waals surface area contributed by atoms with Gasteiger partial charge >= 0.3 is 32.4 Å². The minimum atomic E-state index is -2.52. The minimum absolute atomic E-state index is 0.0236. The van der Waals surface area contributed by atoms with Crippen molar-refractivity contribution in [3.63, 3.8) is 0 Å². The molecule has 0 N–H and O–H groups in total. The highest BCUT2D eigenvalue weighted by molar-refractivity contribution is 8.76. The molecule has 76 heavy (non-hydrogen) atoms. The first-order chi connectivity index (χ1) is 35.9. The Labute approximate surface area is 488 Å². The van der Waals surface area contributed by atoms with Gasteiger partial charge in [0.25, 0.3) is 0 Å². The Morgan fingerprint density at radius 1 is 0.566 bits per heavy atom. The first-order valence-electron chi connectivity index (χ1n) is 25.9. The molecule has 0 saturated carbocycles. The summed E-state index contributed by atoms with van der Waals surface area (Å²) in [7, 11) is 3.19. The predicted octanol–water partition coefficient (Wildman–Crippen LogP) is 9.25. The first kappa shape index (κ1) is 70.6. The second-order valence-electron chi connectivity index (χ2n) is 19.6. The van der Waals surface area contributed by atoms with E-state index in [-0.39, 0.29) is 65.6 Å². The standard InChI is InChI=1S/C50H82N2O15S8Si/c1-13-17-27-70-47(68)74-35(43(57)63-21-15-3)31-33-37(41(55)51(39(33)53)19-23-61-9)49(5,6)45(59)65-25-29-72-73-30-26-66-46(60)50(7,8)38-34(40(54)52(42(38)56)20-24-67-76(11,12)62-10)32-36(44(58)64-22-16-4)75-48(69)71-28-18-14-2/h33-38H,13-32H2,1-12H3. The summed E-state index contributed by atoms with van der Waals surface area (Å²) in [6.07, 6.45) is 4.81. The Balaban J connectivity index is 2.17. The van der Waals surface area contributed by atoms with Crippen LogP contribution in [0.4, 0.5) is 0 Å². The molecule has 2 rings (SSSR count). The van der Waals surface area contributed by atoms with E-state index in [1.54, 1.807) is 27.7 Å². The fraction of sp³-hybridized carbons (Fsp3) is 0.800. The summed E-state index contributed by atoms with van der Waals surface area (Å²) >= 11 is 16.4. The van der Waals surface area contributed by atoms with Crippen LogP contribution < -0.4 is 0 Å². The van der Waals surface area contributed by atoms with Crippen LogP contribution in [0.2, 0.25) is 13.1 Å². The average Bonchev–Trinajstić information content (AvgIpc) is 3.76. The van der Waals surface area contributed by atoms with Crippen molar-refractivity contribution in [2.75, 3.05) is 90.0 Å². The lowest BCUT2D eigenvalue weighted by Crippen LogP contribution is -2.43. The SMILES string of the molecule is CCCCSC(=S)SC(CC1C(=O)N(CCOC)C(=O)C1C(C)(C)C(=O)OCCSSCCOC(=O)C(C)(C)C1C(=O)N(CCO[Si](C)(C)OC)C(=O)C1CC(SC(=S)SCCCC)C(=O)OCCC)C(=O)OCCC. The number of amides is 4. The summed E-state index contributed by atoms with van der Waals surface area (Å²) in [5.41, 5.74) is -2.98. The van der Waals surface area contributed by atoms with Gasteiger partial charge in [0.2, 0.25) is 23.6 Å². The maximum absolute atomic E-state index is 14.3. The Morgan fingerprint density at radius 3 is 1.32 bits per heavy atom. The van der Waals surface area contributed by atoms with Gasteiger partial charge in [-0.25, -0.2) is 0 Å². The first-order valence-corrected chi connectivity index (χ1v) is 35.7. The van der Waals surface area contributed by atoms with E-state index in [0.29, 0.717) is 31.4 Å². The molecule has 2 saturated heterocycles. The number of likely N-dealkylation sites (tertiary alicyclic amines) is 2. The number of hydrogen-bond acceptors (Lipinski definition) is 23. The number of carbonyl (C=O) groups excluding carboxylic acids is 8. The third-order valence-electron chi connectivity index (χ3n) is 12.6. The highest BCUT2D eigenvalue weighted by atomic mass is 33.1. The molecule has 4 amide bonds. The number of esters is 4. The number of imide groups is 2. The molecular formula is C50H82N2O15S8Si. The minimum Gasteiger partial charge on any atom is -0.465 e. The van der Waals surface area contributed by atoms with Crippen LogP contribution in [0.15, 0.2) is 0 Å². The number of hydrogen-bond donors (Lipinski definition) is 0. The molecule has 0 aliphatic carbocycles. The Hall–Kier alpha value is -1.46. The second-order valence-corrected chi connectivity index (χ2v) is 32.8. The van der Waals surface area contributed by atoms with E-state index in [1.165, 1.54) is 59.3 Å². The van der Waals surface area contributed by atoms with E-state index in [4.69, 9.17) is 57.0 Å². The highest BCUT2D eigenvalue weighted by Crippen LogP contribution is 2.46. The molecule has 26 heteroatoms. The van der Waals surface area contributed by atoms with Gasteiger partial charge in [0.1, 0.15) is 30.8 Å². The molecule has 2 aliphatic heterocycles. The summed E-state index contributed by atoms with van der Waals surface area (Å²) in [4.78, 5) is 114. The van der Waals surface area contributed by atoms with Crippen molar-refractivity contribution in [1.82, 2.24) is 9.80 Å². The van der Waals surface area contributed by atoms with Crippen molar-refractivity contribution in [1.29, 1.82) is 0 Å². The molecule has 2 aliphatic rings. The topological polar surface area (TPSA) is 208 Å². The monoisotopic (exact) mass is 1230 g/mol. The van der Waals surface area contributed by atoms with Gasteiger partial charge in [0.05, 0.1) is 74.0 Å². The molecule has 0 spiro atoms. The number of unbranched alkanes of at least 4 members (excludes halogenated alkanes) is 2. The molecule has 6 unspecified atom stereocenters. The molecule has 0 aromatic heterocycles.